The van der Waals surface area contributed by atoms with Gasteiger partial charge in [-0.25, -0.2) is 0 Å². The zero-order chi connectivity index (χ0) is 25.1. The average molecular weight is 475 g/mol. The fourth-order valence-corrected chi connectivity index (χ4v) is 3.56. The molecule has 178 valence electrons. The van der Waals surface area contributed by atoms with Crippen molar-refractivity contribution in [1.82, 2.24) is 0 Å². The summed E-state index contributed by atoms with van der Waals surface area (Å²) in [5, 5.41) is 27.0. The van der Waals surface area contributed by atoms with Crippen LogP contribution in [0.25, 0.3) is 6.08 Å². The van der Waals surface area contributed by atoms with Crippen molar-refractivity contribution in [1.29, 1.82) is 0 Å². The third kappa shape index (κ3) is 4.49. The van der Waals surface area contributed by atoms with Crippen LogP contribution >= 0.6 is 0 Å². The molecule has 3 aromatic rings. The SMILES string of the molecule is COc1ccc(C2=NN(c3ccc([N+](=O)[O-])cc3)C(=O)C2=Cc2cc(OC)c(O)c(OC)c2)cc1. The van der Waals surface area contributed by atoms with Gasteiger partial charge in [-0.2, -0.15) is 10.1 Å². The van der Waals surface area contributed by atoms with Gasteiger partial charge in [-0.15, -0.1) is 0 Å². The summed E-state index contributed by atoms with van der Waals surface area (Å²) >= 11 is 0. The van der Waals surface area contributed by atoms with E-state index in [4.69, 9.17) is 14.2 Å². The minimum atomic E-state index is -0.515. The quantitative estimate of drug-likeness (QED) is 0.309. The highest BCUT2D eigenvalue weighted by Crippen LogP contribution is 2.38. The number of nitro benzene ring substituents is 1. The first-order valence-corrected chi connectivity index (χ1v) is 10.3. The van der Waals surface area contributed by atoms with Crippen molar-refractivity contribution in [3.8, 4) is 23.0 Å². The zero-order valence-corrected chi connectivity index (χ0v) is 19.1. The highest BCUT2D eigenvalue weighted by Gasteiger charge is 2.32. The highest BCUT2D eigenvalue weighted by molar-refractivity contribution is 6.37. The smallest absolute Gasteiger partial charge is 0.281 e. The number of benzene rings is 3. The Labute approximate surface area is 200 Å². The Bertz CT molecular complexity index is 1320. The molecule has 0 radical (unpaired) electrons. The van der Waals surface area contributed by atoms with Crippen molar-refractivity contribution in [2.75, 3.05) is 26.3 Å². The lowest BCUT2D eigenvalue weighted by atomic mass is 9.99. The fourth-order valence-electron chi connectivity index (χ4n) is 3.56. The number of hydrogen-bond donors (Lipinski definition) is 1. The number of methoxy groups -OCH3 is 3. The summed E-state index contributed by atoms with van der Waals surface area (Å²) in [4.78, 5) is 24.0. The van der Waals surface area contributed by atoms with Gasteiger partial charge >= 0.3 is 0 Å². The Balaban J connectivity index is 1.83. The summed E-state index contributed by atoms with van der Waals surface area (Å²) in [7, 11) is 4.37. The van der Waals surface area contributed by atoms with Gasteiger partial charge in [0.2, 0.25) is 5.75 Å². The first-order valence-electron chi connectivity index (χ1n) is 10.3. The molecule has 4 rings (SSSR count). The molecule has 0 bridgehead atoms. The van der Waals surface area contributed by atoms with Crippen molar-refractivity contribution in [2.45, 2.75) is 0 Å². The number of carbonyl (C=O) groups excluding carboxylic acids is 1. The first-order chi connectivity index (χ1) is 16.9. The summed E-state index contributed by atoms with van der Waals surface area (Å²) in [5.74, 6) is 0.403. The lowest BCUT2D eigenvalue weighted by Gasteiger charge is -2.12. The third-order valence-corrected chi connectivity index (χ3v) is 5.36. The largest absolute Gasteiger partial charge is 0.502 e. The van der Waals surface area contributed by atoms with Gasteiger partial charge in [0.1, 0.15) is 11.5 Å². The second-order valence-corrected chi connectivity index (χ2v) is 7.40. The summed E-state index contributed by atoms with van der Waals surface area (Å²) in [5.41, 5.74) is 2.12. The summed E-state index contributed by atoms with van der Waals surface area (Å²) in [6.45, 7) is 0. The van der Waals surface area contributed by atoms with E-state index in [0.29, 0.717) is 28.3 Å². The predicted octanol–water partition coefficient (Wildman–Crippen LogP) is 4.16. The first kappa shape index (κ1) is 23.3. The number of amides is 1. The number of ether oxygens (including phenoxy) is 3. The average Bonchev–Trinajstić information content (AvgIpc) is 3.20. The molecule has 10 nitrogen and oxygen atoms in total. The van der Waals surface area contributed by atoms with E-state index >= 15 is 0 Å². The van der Waals surface area contributed by atoms with Crippen molar-refractivity contribution >= 4 is 29.1 Å². The van der Waals surface area contributed by atoms with E-state index in [1.165, 1.54) is 43.5 Å². The number of nitrogens with zero attached hydrogens (tertiary/aromatic N) is 3. The Morgan fingerprint density at radius 2 is 1.54 bits per heavy atom. The van der Waals surface area contributed by atoms with Gasteiger partial charge in [0.05, 0.1) is 37.5 Å². The Morgan fingerprint density at radius 1 is 0.943 bits per heavy atom. The van der Waals surface area contributed by atoms with E-state index in [2.05, 4.69) is 5.10 Å². The Kier molecular flexibility index (Phi) is 6.36. The molecule has 0 spiro atoms. The summed E-state index contributed by atoms with van der Waals surface area (Å²) in [6.07, 6.45) is 1.61. The van der Waals surface area contributed by atoms with E-state index in [1.54, 1.807) is 49.6 Å². The molecule has 35 heavy (non-hydrogen) atoms. The minimum Gasteiger partial charge on any atom is -0.502 e. The number of phenolic OH excluding ortho intramolecular Hbond substituents is 1. The van der Waals surface area contributed by atoms with Crippen molar-refractivity contribution < 1.29 is 29.0 Å². The van der Waals surface area contributed by atoms with Gasteiger partial charge in [0.25, 0.3) is 11.6 Å². The molecule has 10 heteroatoms. The number of hydrazone groups is 1. The van der Waals surface area contributed by atoms with Gasteiger partial charge in [-0.3, -0.25) is 14.9 Å². The van der Waals surface area contributed by atoms with Crippen LogP contribution in [-0.2, 0) is 4.79 Å². The van der Waals surface area contributed by atoms with Crippen molar-refractivity contribution in [3.63, 3.8) is 0 Å². The second kappa shape index (κ2) is 9.56. The zero-order valence-electron chi connectivity index (χ0n) is 19.1. The summed E-state index contributed by atoms with van der Waals surface area (Å²) in [6, 6.07) is 15.7. The molecule has 1 heterocycles. The molecule has 0 fully saturated rings. The highest BCUT2D eigenvalue weighted by atomic mass is 16.6. The number of anilines is 1. The van der Waals surface area contributed by atoms with Crippen LogP contribution in [0.5, 0.6) is 23.0 Å². The summed E-state index contributed by atoms with van der Waals surface area (Å²) < 4.78 is 15.7. The van der Waals surface area contributed by atoms with Crippen LogP contribution in [0, 0.1) is 10.1 Å². The van der Waals surface area contributed by atoms with Crippen LogP contribution in [0.4, 0.5) is 11.4 Å². The molecule has 0 unspecified atom stereocenters. The molecule has 1 amide bonds. The Hall–Kier alpha value is -4.86. The van der Waals surface area contributed by atoms with Crippen LogP contribution in [0.2, 0.25) is 0 Å². The van der Waals surface area contributed by atoms with E-state index in [1.807, 2.05) is 0 Å². The van der Waals surface area contributed by atoms with Crippen LogP contribution < -0.4 is 19.2 Å². The maximum absolute atomic E-state index is 13.5. The topological polar surface area (TPSA) is 124 Å². The van der Waals surface area contributed by atoms with E-state index in [-0.39, 0.29) is 28.5 Å². The molecule has 1 aliphatic rings. The van der Waals surface area contributed by atoms with E-state index < -0.39 is 10.8 Å². The molecule has 1 aliphatic heterocycles. The molecule has 0 saturated carbocycles. The number of hydrogen-bond acceptors (Lipinski definition) is 8. The maximum atomic E-state index is 13.5. The molecule has 0 atom stereocenters. The van der Waals surface area contributed by atoms with Gasteiger partial charge in [-0.1, -0.05) is 0 Å². The molecular weight excluding hydrogens is 454 g/mol. The number of nitro groups is 1. The number of non-ortho nitro benzene ring substituents is 1. The third-order valence-electron chi connectivity index (χ3n) is 5.36. The number of carbonyl (C=O) groups is 1. The normalized spacial score (nSPS) is 14.1. The van der Waals surface area contributed by atoms with Gasteiger partial charge in [-0.05, 0) is 60.2 Å². The van der Waals surface area contributed by atoms with Crippen LogP contribution in [0.15, 0.2) is 71.3 Å². The molecule has 3 aromatic carbocycles. The second-order valence-electron chi connectivity index (χ2n) is 7.40. The molecule has 0 aliphatic carbocycles. The van der Waals surface area contributed by atoms with Crippen LogP contribution in [-0.4, -0.2) is 43.0 Å². The standard InChI is InChI=1S/C25H21N3O7/c1-33-19-10-4-16(5-11-19)23-20(12-15-13-21(34-2)24(29)22(14-15)35-3)25(30)27(26-23)17-6-8-18(9-7-17)28(31)32/h4-14,29H,1-3H3. The van der Waals surface area contributed by atoms with Crippen LogP contribution in [0.3, 0.4) is 0 Å². The van der Waals surface area contributed by atoms with Crippen molar-refractivity contribution in [3.05, 3.63) is 87.5 Å². The number of rotatable bonds is 7. The lowest BCUT2D eigenvalue weighted by molar-refractivity contribution is -0.384. The lowest BCUT2D eigenvalue weighted by Crippen LogP contribution is -2.21. The molecule has 0 aromatic heterocycles. The molecule has 0 saturated heterocycles. The maximum Gasteiger partial charge on any atom is 0.281 e. The minimum absolute atomic E-state index is 0.0983. The van der Waals surface area contributed by atoms with Crippen LogP contribution in [0.1, 0.15) is 11.1 Å². The number of phenols is 1. The van der Waals surface area contributed by atoms with Gasteiger partial charge in [0.15, 0.2) is 11.5 Å². The van der Waals surface area contributed by atoms with Gasteiger partial charge in [0, 0.05) is 17.7 Å². The number of aromatic hydroxyl groups is 1. The van der Waals surface area contributed by atoms with Gasteiger partial charge < -0.3 is 19.3 Å². The predicted molar refractivity (Wildman–Crippen MR) is 129 cm³/mol. The van der Waals surface area contributed by atoms with Crippen molar-refractivity contribution in [2.24, 2.45) is 5.10 Å². The Morgan fingerprint density at radius 3 is 2.06 bits per heavy atom. The fraction of sp³-hybridized carbons (Fsp3) is 0.120. The van der Waals surface area contributed by atoms with E-state index in [0.717, 1.165) is 0 Å². The van der Waals surface area contributed by atoms with E-state index in [9.17, 15) is 20.0 Å². The molecular formula is C25H21N3O7. The monoisotopic (exact) mass is 475 g/mol. The molecule has 1 N–H and O–H groups in total.